The maximum absolute atomic E-state index is 3.12. The van der Waals surface area contributed by atoms with Gasteiger partial charge in [-0.1, -0.05) is 20.3 Å². The van der Waals surface area contributed by atoms with Crippen LogP contribution < -0.4 is 5.32 Å². The maximum atomic E-state index is 3.12. The zero-order chi connectivity index (χ0) is 5.70. The molecule has 1 atom stereocenters. The molecule has 0 radical (unpaired) electrons. The van der Waals surface area contributed by atoms with E-state index < -0.39 is 0 Å². The average molecular weight is 138 g/mol. The normalized spacial score (nSPS) is 12.4. The molecule has 1 nitrogen and oxygen atoms in total. The fourth-order valence-electron chi connectivity index (χ4n) is 0.493. The van der Waals surface area contributed by atoms with Crippen LogP contribution in [0.4, 0.5) is 0 Å². The van der Waals surface area contributed by atoms with E-state index in [1.807, 2.05) is 7.05 Å². The number of hydrogen-bond acceptors (Lipinski definition) is 1. The number of rotatable bonds is 3. The fourth-order valence-corrected chi connectivity index (χ4v) is 0.493. The van der Waals surface area contributed by atoms with E-state index in [2.05, 4.69) is 19.2 Å². The Morgan fingerprint density at radius 1 is 1.50 bits per heavy atom. The molecule has 0 aromatic rings. The quantitative estimate of drug-likeness (QED) is 0.624. The predicted octanol–water partition coefficient (Wildman–Crippen LogP) is 1.67. The molecule has 0 aliphatic rings. The van der Waals surface area contributed by atoms with E-state index in [1.54, 1.807) is 0 Å². The summed E-state index contributed by atoms with van der Waals surface area (Å²) >= 11 is 0. The first-order valence-corrected chi connectivity index (χ1v) is 2.95. The van der Waals surface area contributed by atoms with E-state index in [-0.39, 0.29) is 12.4 Å². The third-order valence-electron chi connectivity index (χ3n) is 1.25. The van der Waals surface area contributed by atoms with Crippen LogP contribution in [0.5, 0.6) is 0 Å². The van der Waals surface area contributed by atoms with Crippen molar-refractivity contribution in [2.45, 2.75) is 20.3 Å². The minimum Gasteiger partial charge on any atom is -0.319 e. The summed E-state index contributed by atoms with van der Waals surface area (Å²) in [5, 5.41) is 3.12. The van der Waals surface area contributed by atoms with Gasteiger partial charge >= 0.3 is 0 Å². The average Bonchev–Trinajstić information content (AvgIpc) is 1.68. The molecule has 0 aromatic carbocycles. The molecule has 0 heterocycles. The summed E-state index contributed by atoms with van der Waals surface area (Å²) in [6.07, 6.45) is 1.28. The first-order chi connectivity index (χ1) is 3.31. The van der Waals surface area contributed by atoms with E-state index in [0.717, 1.165) is 12.5 Å². The monoisotopic (exact) mass is 137 g/mol. The van der Waals surface area contributed by atoms with Crippen LogP contribution in [0.25, 0.3) is 0 Å². The molecule has 0 amide bonds. The molecule has 0 aliphatic carbocycles. The standard InChI is InChI=1S/C6H15N.ClH/c1-4-6(2)5-7-3;/h6-7H,4-5H2,1-3H3;1H/t6-;/m0./s1. The Labute approximate surface area is 58.3 Å². The van der Waals surface area contributed by atoms with E-state index in [9.17, 15) is 0 Å². The highest BCUT2D eigenvalue weighted by Crippen LogP contribution is 1.95. The Morgan fingerprint density at radius 2 is 2.00 bits per heavy atom. The van der Waals surface area contributed by atoms with Crippen molar-refractivity contribution >= 4 is 12.4 Å². The molecule has 8 heavy (non-hydrogen) atoms. The van der Waals surface area contributed by atoms with Crippen LogP contribution in [-0.4, -0.2) is 13.6 Å². The number of halogens is 1. The zero-order valence-electron chi connectivity index (χ0n) is 5.90. The second-order valence-corrected chi connectivity index (χ2v) is 2.07. The van der Waals surface area contributed by atoms with Crippen LogP contribution in [0, 0.1) is 5.92 Å². The molecule has 0 rings (SSSR count). The molecule has 0 aliphatic heterocycles. The molecule has 0 saturated carbocycles. The van der Waals surface area contributed by atoms with Crippen LogP contribution in [-0.2, 0) is 0 Å². The molecule has 2 heteroatoms. The minimum atomic E-state index is 0. The molecule has 1 N–H and O–H groups in total. The van der Waals surface area contributed by atoms with E-state index in [0.29, 0.717) is 0 Å². The molecule has 0 aromatic heterocycles. The molecular formula is C6H16ClN. The summed E-state index contributed by atoms with van der Waals surface area (Å²) in [6, 6.07) is 0. The van der Waals surface area contributed by atoms with Gasteiger partial charge in [0.25, 0.3) is 0 Å². The summed E-state index contributed by atoms with van der Waals surface area (Å²) in [7, 11) is 1.99. The second-order valence-electron chi connectivity index (χ2n) is 2.07. The molecule has 0 bridgehead atoms. The lowest BCUT2D eigenvalue weighted by molar-refractivity contribution is 0.528. The largest absolute Gasteiger partial charge is 0.319 e. The number of hydrogen-bond donors (Lipinski definition) is 1. The summed E-state index contributed by atoms with van der Waals surface area (Å²) in [5.41, 5.74) is 0. The van der Waals surface area contributed by atoms with Gasteiger partial charge in [-0.3, -0.25) is 0 Å². The summed E-state index contributed by atoms with van der Waals surface area (Å²) in [4.78, 5) is 0. The van der Waals surface area contributed by atoms with Crippen LogP contribution in [0.3, 0.4) is 0 Å². The fraction of sp³-hybridized carbons (Fsp3) is 1.00. The van der Waals surface area contributed by atoms with Crippen LogP contribution in [0.2, 0.25) is 0 Å². The first-order valence-electron chi connectivity index (χ1n) is 2.95. The second kappa shape index (κ2) is 7.25. The minimum absolute atomic E-state index is 0. The number of nitrogens with one attached hydrogen (secondary N) is 1. The third-order valence-corrected chi connectivity index (χ3v) is 1.25. The van der Waals surface area contributed by atoms with Crippen LogP contribution >= 0.6 is 12.4 Å². The van der Waals surface area contributed by atoms with Crippen molar-refractivity contribution < 1.29 is 0 Å². The summed E-state index contributed by atoms with van der Waals surface area (Å²) < 4.78 is 0. The molecule has 0 saturated heterocycles. The van der Waals surface area contributed by atoms with E-state index in [4.69, 9.17) is 0 Å². The molecule has 0 fully saturated rings. The van der Waals surface area contributed by atoms with Gasteiger partial charge in [-0.15, -0.1) is 12.4 Å². The Hall–Kier alpha value is 0.250. The van der Waals surface area contributed by atoms with Crippen molar-refractivity contribution in [2.24, 2.45) is 5.92 Å². The lowest BCUT2D eigenvalue weighted by Crippen LogP contribution is -2.14. The van der Waals surface area contributed by atoms with Gasteiger partial charge in [0.2, 0.25) is 0 Å². The first kappa shape index (κ1) is 11.1. The highest BCUT2D eigenvalue weighted by atomic mass is 35.5. The molecule has 0 unspecified atom stereocenters. The highest BCUT2D eigenvalue weighted by Gasteiger charge is 1.91. The van der Waals surface area contributed by atoms with Gasteiger partial charge in [0, 0.05) is 0 Å². The van der Waals surface area contributed by atoms with Gasteiger partial charge < -0.3 is 5.32 Å². The Bertz CT molecular complexity index is 39.5. The van der Waals surface area contributed by atoms with Gasteiger partial charge in [-0.2, -0.15) is 0 Å². The van der Waals surface area contributed by atoms with Gasteiger partial charge in [0.05, 0.1) is 0 Å². The van der Waals surface area contributed by atoms with Crippen LogP contribution in [0.1, 0.15) is 20.3 Å². The lowest BCUT2D eigenvalue weighted by Gasteiger charge is -2.04. The smallest absolute Gasteiger partial charge is 0.00263 e. The van der Waals surface area contributed by atoms with Crippen molar-refractivity contribution in [1.82, 2.24) is 5.32 Å². The van der Waals surface area contributed by atoms with Crippen molar-refractivity contribution in [3.8, 4) is 0 Å². The Morgan fingerprint density at radius 3 is 2.12 bits per heavy atom. The van der Waals surface area contributed by atoms with Gasteiger partial charge in [-0.25, -0.2) is 0 Å². The van der Waals surface area contributed by atoms with E-state index >= 15 is 0 Å². The Kier molecular flexibility index (Phi) is 10.1. The van der Waals surface area contributed by atoms with Crippen molar-refractivity contribution in [1.29, 1.82) is 0 Å². The zero-order valence-corrected chi connectivity index (χ0v) is 6.72. The van der Waals surface area contributed by atoms with Crippen molar-refractivity contribution in [3.63, 3.8) is 0 Å². The van der Waals surface area contributed by atoms with Gasteiger partial charge in [0.1, 0.15) is 0 Å². The highest BCUT2D eigenvalue weighted by molar-refractivity contribution is 5.85. The lowest BCUT2D eigenvalue weighted by atomic mass is 10.1. The van der Waals surface area contributed by atoms with Crippen molar-refractivity contribution in [2.75, 3.05) is 13.6 Å². The topological polar surface area (TPSA) is 12.0 Å². The molecule has 0 spiro atoms. The summed E-state index contributed by atoms with van der Waals surface area (Å²) in [5.74, 6) is 0.838. The SMILES string of the molecule is CC[C@H](C)CNC.Cl. The van der Waals surface area contributed by atoms with Gasteiger partial charge in [-0.05, 0) is 19.5 Å². The molecular weight excluding hydrogens is 122 g/mol. The predicted molar refractivity (Wildman–Crippen MR) is 40.6 cm³/mol. The molecule has 52 valence electrons. The third kappa shape index (κ3) is 6.25. The maximum Gasteiger partial charge on any atom is -0.00263 e. The summed E-state index contributed by atoms with van der Waals surface area (Å²) in [6.45, 7) is 5.61. The van der Waals surface area contributed by atoms with E-state index in [1.165, 1.54) is 6.42 Å². The van der Waals surface area contributed by atoms with Gasteiger partial charge in [0.15, 0.2) is 0 Å². The van der Waals surface area contributed by atoms with Crippen molar-refractivity contribution in [3.05, 3.63) is 0 Å². The Balaban J connectivity index is 0. The van der Waals surface area contributed by atoms with Crippen LogP contribution in [0.15, 0.2) is 0 Å².